The number of rotatable bonds is 7. The summed E-state index contributed by atoms with van der Waals surface area (Å²) in [5.74, 6) is -0.604. The fourth-order valence-electron chi connectivity index (χ4n) is 2.49. The van der Waals surface area contributed by atoms with Crippen molar-refractivity contribution in [3.8, 4) is 0 Å². The first-order chi connectivity index (χ1) is 12.0. The largest absolute Gasteiger partial charge is 0.453 e. The van der Waals surface area contributed by atoms with Crippen LogP contribution in [0.4, 0.5) is 0 Å². The molecule has 0 fully saturated rings. The van der Waals surface area contributed by atoms with E-state index in [-0.39, 0.29) is 24.2 Å². The van der Waals surface area contributed by atoms with Crippen LogP contribution in [-0.2, 0) is 20.9 Å². The van der Waals surface area contributed by atoms with Crippen LogP contribution in [-0.4, -0.2) is 18.0 Å². The summed E-state index contributed by atoms with van der Waals surface area (Å²) < 4.78 is 5.26. The topological polar surface area (TPSA) is 55.4 Å². The molecule has 1 amide bonds. The molecule has 0 saturated heterocycles. The van der Waals surface area contributed by atoms with E-state index in [4.69, 9.17) is 4.74 Å². The minimum absolute atomic E-state index is 0.0523. The van der Waals surface area contributed by atoms with E-state index < -0.39 is 6.10 Å². The van der Waals surface area contributed by atoms with Crippen LogP contribution in [0.25, 0.3) is 0 Å². The molecule has 25 heavy (non-hydrogen) atoms. The maximum Gasteiger partial charge on any atom is 0.307 e. The first kappa shape index (κ1) is 18.7. The van der Waals surface area contributed by atoms with Gasteiger partial charge in [0.1, 0.15) is 0 Å². The number of ether oxygens (including phenoxy) is 1. The number of nitrogens with one attached hydrogen (secondary N) is 1. The first-order valence-electron chi connectivity index (χ1n) is 8.53. The van der Waals surface area contributed by atoms with E-state index in [9.17, 15) is 9.59 Å². The van der Waals surface area contributed by atoms with Crippen molar-refractivity contribution in [1.29, 1.82) is 0 Å². The van der Waals surface area contributed by atoms with E-state index in [1.54, 1.807) is 6.92 Å². The monoisotopic (exact) mass is 339 g/mol. The Kier molecular flexibility index (Phi) is 6.75. The fourth-order valence-corrected chi connectivity index (χ4v) is 2.49. The predicted octanol–water partition coefficient (Wildman–Crippen LogP) is 3.74. The lowest BCUT2D eigenvalue weighted by molar-refractivity contribution is -0.155. The van der Waals surface area contributed by atoms with Gasteiger partial charge in [0, 0.05) is 6.54 Å². The average Bonchev–Trinajstić information content (AvgIpc) is 2.61. The Hall–Kier alpha value is -2.62. The maximum atomic E-state index is 12.1. The van der Waals surface area contributed by atoms with Crippen molar-refractivity contribution in [2.45, 2.75) is 45.8 Å². The van der Waals surface area contributed by atoms with Crippen LogP contribution in [0, 0.1) is 6.92 Å². The lowest BCUT2D eigenvalue weighted by atomic mass is 9.98. The number of hydrogen-bond donors (Lipinski definition) is 1. The summed E-state index contributed by atoms with van der Waals surface area (Å²) in [6.07, 6.45) is -0.555. The molecule has 0 saturated carbocycles. The highest BCUT2D eigenvalue weighted by molar-refractivity contribution is 5.83. The summed E-state index contributed by atoms with van der Waals surface area (Å²) in [4.78, 5) is 24.1. The lowest BCUT2D eigenvalue weighted by Gasteiger charge is -2.16. The predicted molar refractivity (Wildman–Crippen MR) is 98.1 cm³/mol. The molecule has 0 unspecified atom stereocenters. The molecule has 2 atom stereocenters. The summed E-state index contributed by atoms with van der Waals surface area (Å²) in [6, 6.07) is 17.7. The minimum atomic E-state index is -0.805. The van der Waals surface area contributed by atoms with Crippen LogP contribution in [0.5, 0.6) is 0 Å². The molecule has 4 nitrogen and oxygen atoms in total. The van der Waals surface area contributed by atoms with Gasteiger partial charge in [-0.05, 0) is 30.9 Å². The minimum Gasteiger partial charge on any atom is -0.453 e. The number of amides is 1. The van der Waals surface area contributed by atoms with Gasteiger partial charge in [0.15, 0.2) is 6.10 Å². The second-order valence-electron chi connectivity index (χ2n) is 6.35. The van der Waals surface area contributed by atoms with E-state index in [0.717, 1.165) is 11.1 Å². The quantitative estimate of drug-likeness (QED) is 0.782. The molecule has 2 aromatic carbocycles. The number of carbonyl (C=O) groups excluding carboxylic acids is 2. The van der Waals surface area contributed by atoms with E-state index >= 15 is 0 Å². The van der Waals surface area contributed by atoms with Gasteiger partial charge >= 0.3 is 5.97 Å². The number of benzene rings is 2. The molecule has 132 valence electrons. The zero-order valence-electron chi connectivity index (χ0n) is 15.0. The smallest absolute Gasteiger partial charge is 0.307 e. The first-order valence-corrected chi connectivity index (χ1v) is 8.53. The fraction of sp³-hybridized carbons (Fsp3) is 0.333. The van der Waals surface area contributed by atoms with Crippen molar-refractivity contribution < 1.29 is 14.3 Å². The molecule has 1 N–H and O–H groups in total. The molecule has 0 aromatic heterocycles. The van der Waals surface area contributed by atoms with Crippen LogP contribution in [0.1, 0.15) is 42.9 Å². The average molecular weight is 339 g/mol. The summed E-state index contributed by atoms with van der Waals surface area (Å²) in [5.41, 5.74) is 3.26. The van der Waals surface area contributed by atoms with Gasteiger partial charge in [-0.25, -0.2) is 0 Å². The van der Waals surface area contributed by atoms with Crippen molar-refractivity contribution in [3.63, 3.8) is 0 Å². The molecular formula is C21H25NO3. The Labute approximate surface area is 149 Å². The Morgan fingerprint density at radius 2 is 1.64 bits per heavy atom. The zero-order valence-corrected chi connectivity index (χ0v) is 15.0. The summed E-state index contributed by atoms with van der Waals surface area (Å²) in [6.45, 7) is 6.00. The van der Waals surface area contributed by atoms with Gasteiger partial charge in [0.05, 0.1) is 6.42 Å². The molecule has 4 heteroatoms. The van der Waals surface area contributed by atoms with Gasteiger partial charge in [0.2, 0.25) is 0 Å². The van der Waals surface area contributed by atoms with Gasteiger partial charge in [-0.15, -0.1) is 0 Å². The number of aryl methyl sites for hydroxylation is 1. The molecule has 0 aliphatic rings. The number of carbonyl (C=O) groups is 2. The number of hydrogen-bond acceptors (Lipinski definition) is 3. The highest BCUT2D eigenvalue weighted by Crippen LogP contribution is 2.19. The molecule has 0 radical (unpaired) electrons. The lowest BCUT2D eigenvalue weighted by Crippen LogP contribution is -2.35. The highest BCUT2D eigenvalue weighted by atomic mass is 16.5. The standard InChI is InChI=1S/C21H25NO3/c1-15-9-11-18(12-10-15)14-22-21(24)17(3)25-20(23)13-16(2)19-7-5-4-6-8-19/h4-12,16-17H,13-14H2,1-3H3,(H,22,24)/t16-,17-/m1/s1. The van der Waals surface area contributed by atoms with Crippen molar-refractivity contribution >= 4 is 11.9 Å². The molecular weight excluding hydrogens is 314 g/mol. The van der Waals surface area contributed by atoms with Gasteiger partial charge in [-0.3, -0.25) is 9.59 Å². The summed E-state index contributed by atoms with van der Waals surface area (Å²) in [7, 11) is 0. The van der Waals surface area contributed by atoms with Gasteiger partial charge in [-0.2, -0.15) is 0 Å². The van der Waals surface area contributed by atoms with Crippen molar-refractivity contribution in [2.75, 3.05) is 0 Å². The molecule has 0 bridgehead atoms. The maximum absolute atomic E-state index is 12.1. The molecule has 0 spiro atoms. The zero-order chi connectivity index (χ0) is 18.2. The molecule has 2 rings (SSSR count). The van der Waals surface area contributed by atoms with E-state index in [1.807, 2.05) is 68.4 Å². The van der Waals surface area contributed by atoms with Crippen LogP contribution in [0.2, 0.25) is 0 Å². The second kappa shape index (κ2) is 9.02. The third kappa shape index (κ3) is 6.07. The Morgan fingerprint density at radius 1 is 1.00 bits per heavy atom. The van der Waals surface area contributed by atoms with Gasteiger partial charge in [0.25, 0.3) is 5.91 Å². The second-order valence-corrected chi connectivity index (χ2v) is 6.35. The van der Waals surface area contributed by atoms with Crippen molar-refractivity contribution in [3.05, 3.63) is 71.3 Å². The van der Waals surface area contributed by atoms with Gasteiger partial charge < -0.3 is 10.1 Å². The third-order valence-corrected chi connectivity index (χ3v) is 4.11. The summed E-state index contributed by atoms with van der Waals surface area (Å²) >= 11 is 0. The SMILES string of the molecule is Cc1ccc(CNC(=O)[C@@H](C)OC(=O)C[C@@H](C)c2ccccc2)cc1. The van der Waals surface area contributed by atoms with Crippen molar-refractivity contribution in [1.82, 2.24) is 5.32 Å². The van der Waals surface area contributed by atoms with Crippen molar-refractivity contribution in [2.24, 2.45) is 0 Å². The Morgan fingerprint density at radius 3 is 2.28 bits per heavy atom. The van der Waals surface area contributed by atoms with Crippen LogP contribution >= 0.6 is 0 Å². The molecule has 0 aliphatic heterocycles. The number of esters is 1. The summed E-state index contributed by atoms with van der Waals surface area (Å²) in [5, 5.41) is 2.79. The molecule has 0 heterocycles. The van der Waals surface area contributed by atoms with E-state index in [1.165, 1.54) is 5.56 Å². The van der Waals surface area contributed by atoms with E-state index in [2.05, 4.69) is 5.32 Å². The Balaban J connectivity index is 1.77. The third-order valence-electron chi connectivity index (χ3n) is 4.11. The van der Waals surface area contributed by atoms with Crippen LogP contribution in [0.3, 0.4) is 0 Å². The highest BCUT2D eigenvalue weighted by Gasteiger charge is 2.19. The van der Waals surface area contributed by atoms with Gasteiger partial charge in [-0.1, -0.05) is 67.1 Å². The molecule has 0 aliphatic carbocycles. The Bertz CT molecular complexity index is 695. The normalized spacial score (nSPS) is 12.9. The van der Waals surface area contributed by atoms with Crippen LogP contribution < -0.4 is 5.32 Å². The van der Waals surface area contributed by atoms with E-state index in [0.29, 0.717) is 6.54 Å². The van der Waals surface area contributed by atoms with Crippen LogP contribution in [0.15, 0.2) is 54.6 Å². The molecule has 2 aromatic rings.